The first-order valence-electron chi connectivity index (χ1n) is 6.39. The molecule has 1 unspecified atom stereocenters. The SMILES string of the molecule is CCOC(=O)C(C(=O)NCCC(=O)NC)C(C)(C)C. The molecule has 110 valence electrons. The molecular weight excluding hydrogens is 248 g/mol. The van der Waals surface area contributed by atoms with Gasteiger partial charge in [0.1, 0.15) is 5.92 Å². The van der Waals surface area contributed by atoms with E-state index in [1.807, 2.05) is 0 Å². The molecule has 0 aliphatic heterocycles. The molecule has 0 rings (SSSR count). The summed E-state index contributed by atoms with van der Waals surface area (Å²) in [6, 6.07) is 0. The largest absolute Gasteiger partial charge is 0.465 e. The van der Waals surface area contributed by atoms with Crippen LogP contribution in [0.5, 0.6) is 0 Å². The van der Waals surface area contributed by atoms with Gasteiger partial charge in [-0.05, 0) is 12.3 Å². The predicted octanol–water partition coefficient (Wildman–Crippen LogP) is 0.464. The number of carbonyl (C=O) groups is 3. The van der Waals surface area contributed by atoms with Gasteiger partial charge in [0.15, 0.2) is 0 Å². The van der Waals surface area contributed by atoms with Crippen LogP contribution in [0.3, 0.4) is 0 Å². The second kappa shape index (κ2) is 7.76. The summed E-state index contributed by atoms with van der Waals surface area (Å²) in [5, 5.41) is 5.05. The number of esters is 1. The zero-order valence-corrected chi connectivity index (χ0v) is 12.3. The van der Waals surface area contributed by atoms with Gasteiger partial charge in [-0.2, -0.15) is 0 Å². The normalized spacial score (nSPS) is 12.5. The predicted molar refractivity (Wildman–Crippen MR) is 71.3 cm³/mol. The van der Waals surface area contributed by atoms with Crippen molar-refractivity contribution in [3.8, 4) is 0 Å². The summed E-state index contributed by atoms with van der Waals surface area (Å²) in [4.78, 5) is 34.9. The fourth-order valence-corrected chi connectivity index (χ4v) is 1.61. The summed E-state index contributed by atoms with van der Waals surface area (Å²) in [7, 11) is 1.53. The summed E-state index contributed by atoms with van der Waals surface area (Å²) in [5.41, 5.74) is -0.538. The minimum Gasteiger partial charge on any atom is -0.465 e. The lowest BCUT2D eigenvalue weighted by Crippen LogP contribution is -2.44. The molecule has 6 heteroatoms. The Hall–Kier alpha value is -1.59. The number of nitrogens with one attached hydrogen (secondary N) is 2. The van der Waals surface area contributed by atoms with Crippen LogP contribution in [-0.4, -0.2) is 38.0 Å². The molecule has 0 saturated carbocycles. The third-order valence-corrected chi connectivity index (χ3v) is 2.58. The smallest absolute Gasteiger partial charge is 0.319 e. The van der Waals surface area contributed by atoms with E-state index in [9.17, 15) is 14.4 Å². The Balaban J connectivity index is 4.57. The van der Waals surface area contributed by atoms with Gasteiger partial charge in [-0.1, -0.05) is 20.8 Å². The van der Waals surface area contributed by atoms with E-state index in [2.05, 4.69) is 10.6 Å². The van der Waals surface area contributed by atoms with Crippen molar-refractivity contribution in [1.29, 1.82) is 0 Å². The molecule has 0 saturated heterocycles. The monoisotopic (exact) mass is 272 g/mol. The molecule has 2 amide bonds. The summed E-state index contributed by atoms with van der Waals surface area (Å²) >= 11 is 0. The summed E-state index contributed by atoms with van der Waals surface area (Å²) < 4.78 is 4.92. The van der Waals surface area contributed by atoms with Crippen LogP contribution in [-0.2, 0) is 19.1 Å². The Morgan fingerprint density at radius 3 is 2.21 bits per heavy atom. The number of hydrogen-bond donors (Lipinski definition) is 2. The van der Waals surface area contributed by atoms with Crippen molar-refractivity contribution in [2.24, 2.45) is 11.3 Å². The number of carbonyl (C=O) groups excluding carboxylic acids is 3. The average molecular weight is 272 g/mol. The van der Waals surface area contributed by atoms with Crippen molar-refractivity contribution in [3.05, 3.63) is 0 Å². The second-order valence-corrected chi connectivity index (χ2v) is 5.27. The van der Waals surface area contributed by atoms with E-state index in [0.717, 1.165) is 0 Å². The second-order valence-electron chi connectivity index (χ2n) is 5.27. The third-order valence-electron chi connectivity index (χ3n) is 2.58. The minimum atomic E-state index is -0.878. The van der Waals surface area contributed by atoms with Gasteiger partial charge >= 0.3 is 5.97 Å². The van der Waals surface area contributed by atoms with Crippen LogP contribution in [0.1, 0.15) is 34.1 Å². The Morgan fingerprint density at radius 2 is 1.79 bits per heavy atom. The highest BCUT2D eigenvalue weighted by Crippen LogP contribution is 2.27. The molecule has 0 spiro atoms. The zero-order chi connectivity index (χ0) is 15.1. The van der Waals surface area contributed by atoms with Crippen LogP contribution in [0.15, 0.2) is 0 Å². The van der Waals surface area contributed by atoms with Crippen molar-refractivity contribution < 1.29 is 19.1 Å². The summed E-state index contributed by atoms with van der Waals surface area (Å²) in [6.45, 7) is 7.52. The van der Waals surface area contributed by atoms with Gasteiger partial charge in [0, 0.05) is 20.0 Å². The fourth-order valence-electron chi connectivity index (χ4n) is 1.61. The topological polar surface area (TPSA) is 84.5 Å². The molecule has 0 aromatic heterocycles. The molecule has 0 aliphatic carbocycles. The molecule has 0 aromatic rings. The van der Waals surface area contributed by atoms with Gasteiger partial charge in [-0.25, -0.2) is 0 Å². The standard InChI is InChI=1S/C13H24N2O4/c1-6-19-12(18)10(13(2,3)4)11(17)15-8-7-9(16)14-5/h10H,6-8H2,1-5H3,(H,14,16)(H,15,17). The van der Waals surface area contributed by atoms with Crippen LogP contribution in [0, 0.1) is 11.3 Å². The molecule has 0 aliphatic rings. The molecule has 0 fully saturated rings. The van der Waals surface area contributed by atoms with Gasteiger partial charge < -0.3 is 15.4 Å². The Bertz CT molecular complexity index is 334. The van der Waals surface area contributed by atoms with Crippen LogP contribution < -0.4 is 10.6 Å². The van der Waals surface area contributed by atoms with Crippen LogP contribution in [0.25, 0.3) is 0 Å². The van der Waals surface area contributed by atoms with E-state index in [-0.39, 0.29) is 25.5 Å². The van der Waals surface area contributed by atoms with E-state index in [1.54, 1.807) is 27.7 Å². The zero-order valence-electron chi connectivity index (χ0n) is 12.3. The van der Waals surface area contributed by atoms with Crippen LogP contribution >= 0.6 is 0 Å². The Kier molecular flexibility index (Phi) is 7.11. The number of hydrogen-bond acceptors (Lipinski definition) is 4. The van der Waals surface area contributed by atoms with Gasteiger partial charge in [-0.3, -0.25) is 14.4 Å². The maximum absolute atomic E-state index is 12.0. The fraction of sp³-hybridized carbons (Fsp3) is 0.769. The molecule has 6 nitrogen and oxygen atoms in total. The van der Waals surface area contributed by atoms with Gasteiger partial charge in [0.2, 0.25) is 11.8 Å². The number of ether oxygens (including phenoxy) is 1. The minimum absolute atomic E-state index is 0.163. The molecule has 0 bridgehead atoms. The van der Waals surface area contributed by atoms with Gasteiger partial charge in [-0.15, -0.1) is 0 Å². The Labute approximate surface area is 114 Å². The van der Waals surface area contributed by atoms with E-state index in [0.29, 0.717) is 0 Å². The van der Waals surface area contributed by atoms with E-state index in [4.69, 9.17) is 4.74 Å². The van der Waals surface area contributed by atoms with Crippen molar-refractivity contribution in [2.45, 2.75) is 34.1 Å². The van der Waals surface area contributed by atoms with Crippen molar-refractivity contribution in [2.75, 3.05) is 20.2 Å². The average Bonchev–Trinajstić information content (AvgIpc) is 2.27. The lowest BCUT2D eigenvalue weighted by Gasteiger charge is -2.27. The van der Waals surface area contributed by atoms with E-state index >= 15 is 0 Å². The van der Waals surface area contributed by atoms with E-state index in [1.165, 1.54) is 7.05 Å². The maximum atomic E-state index is 12.0. The molecule has 0 heterocycles. The highest BCUT2D eigenvalue weighted by molar-refractivity contribution is 5.98. The van der Waals surface area contributed by atoms with Gasteiger partial charge in [0.05, 0.1) is 6.61 Å². The maximum Gasteiger partial charge on any atom is 0.319 e. The lowest BCUT2D eigenvalue weighted by atomic mass is 9.80. The Morgan fingerprint density at radius 1 is 1.21 bits per heavy atom. The molecule has 2 N–H and O–H groups in total. The highest BCUT2D eigenvalue weighted by Gasteiger charge is 2.38. The molecule has 0 aromatic carbocycles. The first kappa shape index (κ1) is 17.4. The first-order valence-corrected chi connectivity index (χ1v) is 6.39. The van der Waals surface area contributed by atoms with Crippen molar-refractivity contribution >= 4 is 17.8 Å². The summed E-state index contributed by atoms with van der Waals surface area (Å²) in [6.07, 6.45) is 0.182. The molecule has 1 atom stereocenters. The number of rotatable bonds is 6. The van der Waals surface area contributed by atoms with Crippen molar-refractivity contribution in [1.82, 2.24) is 10.6 Å². The highest BCUT2D eigenvalue weighted by atomic mass is 16.5. The summed E-state index contributed by atoms with van der Waals surface area (Å²) in [5.74, 6) is -1.98. The molecule has 19 heavy (non-hydrogen) atoms. The first-order chi connectivity index (χ1) is 8.73. The molecule has 0 radical (unpaired) electrons. The quantitative estimate of drug-likeness (QED) is 0.543. The third kappa shape index (κ3) is 6.22. The van der Waals surface area contributed by atoms with E-state index < -0.39 is 23.2 Å². The molecular formula is C13H24N2O4. The lowest BCUT2D eigenvalue weighted by molar-refractivity contribution is -0.156. The van der Waals surface area contributed by atoms with Gasteiger partial charge in [0.25, 0.3) is 0 Å². The van der Waals surface area contributed by atoms with Crippen LogP contribution in [0.4, 0.5) is 0 Å². The number of amides is 2. The van der Waals surface area contributed by atoms with Crippen molar-refractivity contribution in [3.63, 3.8) is 0 Å². The van der Waals surface area contributed by atoms with Crippen LogP contribution in [0.2, 0.25) is 0 Å².